The molecule has 11 heteroatoms. The van der Waals surface area contributed by atoms with E-state index in [1.807, 2.05) is 36.2 Å². The zero-order valence-corrected chi connectivity index (χ0v) is 27.1. The van der Waals surface area contributed by atoms with Gasteiger partial charge in [-0.15, -0.1) is 0 Å². The molecule has 1 aliphatic rings. The van der Waals surface area contributed by atoms with Crippen molar-refractivity contribution in [3.63, 3.8) is 0 Å². The molecule has 43 heavy (non-hydrogen) atoms. The van der Waals surface area contributed by atoms with Crippen molar-refractivity contribution in [3.05, 3.63) is 69.7 Å². The van der Waals surface area contributed by atoms with E-state index in [4.69, 9.17) is 46.9 Å². The molecule has 0 aliphatic carbocycles. The van der Waals surface area contributed by atoms with Crippen LogP contribution in [-0.2, 0) is 34.9 Å². The number of carbonyl (C=O) groups is 1. The number of amides is 1. The van der Waals surface area contributed by atoms with Gasteiger partial charge in [-0.2, -0.15) is 0 Å². The van der Waals surface area contributed by atoms with Crippen LogP contribution in [0.2, 0.25) is 10.0 Å². The maximum absolute atomic E-state index is 13.3. The third-order valence-corrected chi connectivity index (χ3v) is 8.12. The second-order valence-corrected chi connectivity index (χ2v) is 11.3. The van der Waals surface area contributed by atoms with Crippen LogP contribution < -0.4 is 0 Å². The molecule has 2 aromatic carbocycles. The maximum Gasteiger partial charge on any atom is 0.227 e. The summed E-state index contributed by atoms with van der Waals surface area (Å²) in [7, 11) is 3.54. The second kappa shape index (κ2) is 21.0. The van der Waals surface area contributed by atoms with Crippen LogP contribution in [0.5, 0.6) is 0 Å². The number of hydrogen-bond donors (Lipinski definition) is 0. The van der Waals surface area contributed by atoms with Gasteiger partial charge in [0, 0.05) is 53.4 Å². The molecule has 1 amide bonds. The Morgan fingerprint density at radius 2 is 1.33 bits per heavy atom. The van der Waals surface area contributed by atoms with E-state index in [9.17, 15) is 4.79 Å². The van der Waals surface area contributed by atoms with Gasteiger partial charge in [0.15, 0.2) is 0 Å². The molecule has 3 rings (SSSR count). The van der Waals surface area contributed by atoms with E-state index in [1.165, 1.54) is 0 Å². The van der Waals surface area contributed by atoms with Gasteiger partial charge < -0.3 is 28.6 Å². The Kier molecular flexibility index (Phi) is 17.5. The molecular formula is C32H47Cl2N3O6. The van der Waals surface area contributed by atoms with E-state index in [2.05, 4.69) is 21.9 Å². The summed E-state index contributed by atoms with van der Waals surface area (Å²) in [4.78, 5) is 20.1. The second-order valence-electron chi connectivity index (χ2n) is 10.4. The number of likely N-dealkylation sites (N-methyl/N-ethyl adjacent to an activating group) is 1. The fourth-order valence-corrected chi connectivity index (χ4v) is 5.11. The van der Waals surface area contributed by atoms with Crippen LogP contribution in [0.4, 0.5) is 0 Å². The van der Waals surface area contributed by atoms with Crippen molar-refractivity contribution in [1.29, 1.82) is 0 Å². The number of carbonyl (C=O) groups excluding carboxylic acids is 1. The van der Waals surface area contributed by atoms with Gasteiger partial charge in [0.05, 0.1) is 82.0 Å². The van der Waals surface area contributed by atoms with Crippen molar-refractivity contribution in [2.24, 2.45) is 0 Å². The number of hydrogen-bond acceptors (Lipinski definition) is 8. The summed E-state index contributed by atoms with van der Waals surface area (Å²) in [6.45, 7) is 10.7. The van der Waals surface area contributed by atoms with Gasteiger partial charge in [0.1, 0.15) is 0 Å². The number of ether oxygens (including phenoxy) is 5. The summed E-state index contributed by atoms with van der Waals surface area (Å²) in [5, 5.41) is 0.949. The molecule has 0 radical (unpaired) electrons. The first-order chi connectivity index (χ1) is 21.0. The number of methoxy groups -OCH3 is 1. The Morgan fingerprint density at radius 1 is 0.767 bits per heavy atom. The minimum Gasteiger partial charge on any atom is -0.382 e. The Morgan fingerprint density at radius 3 is 1.91 bits per heavy atom. The van der Waals surface area contributed by atoms with Crippen LogP contribution in [0.15, 0.2) is 48.5 Å². The van der Waals surface area contributed by atoms with Gasteiger partial charge in [-0.3, -0.25) is 14.6 Å². The lowest BCUT2D eigenvalue weighted by molar-refractivity contribution is -0.131. The molecule has 240 valence electrons. The third-order valence-electron chi connectivity index (χ3n) is 7.38. The van der Waals surface area contributed by atoms with Crippen molar-refractivity contribution in [3.8, 4) is 0 Å². The predicted octanol–water partition coefficient (Wildman–Crippen LogP) is 4.07. The smallest absolute Gasteiger partial charge is 0.227 e. The molecule has 1 aliphatic heterocycles. The van der Waals surface area contributed by atoms with Gasteiger partial charge in [-0.1, -0.05) is 59.6 Å². The fourth-order valence-electron chi connectivity index (χ4n) is 4.79. The molecular weight excluding hydrogens is 593 g/mol. The first-order valence-electron chi connectivity index (χ1n) is 15.0. The van der Waals surface area contributed by atoms with Gasteiger partial charge >= 0.3 is 0 Å². The number of piperazine rings is 1. The summed E-state index contributed by atoms with van der Waals surface area (Å²) in [5.41, 5.74) is 1.98. The molecule has 1 heterocycles. The summed E-state index contributed by atoms with van der Waals surface area (Å²) < 4.78 is 27.1. The highest BCUT2D eigenvalue weighted by Gasteiger charge is 2.26. The first kappa shape index (κ1) is 35.7. The Balaban J connectivity index is 1.31. The zero-order valence-electron chi connectivity index (χ0n) is 25.6. The van der Waals surface area contributed by atoms with Crippen LogP contribution in [0.3, 0.4) is 0 Å². The molecule has 0 N–H and O–H groups in total. The summed E-state index contributed by atoms with van der Waals surface area (Å²) in [5.74, 6) is 0.0443. The van der Waals surface area contributed by atoms with E-state index in [1.54, 1.807) is 19.2 Å². The van der Waals surface area contributed by atoms with Gasteiger partial charge in [-0.25, -0.2) is 0 Å². The van der Waals surface area contributed by atoms with E-state index in [-0.39, 0.29) is 18.4 Å². The lowest BCUT2D eigenvalue weighted by atomic mass is 10.0. The molecule has 2 aromatic rings. The van der Waals surface area contributed by atoms with E-state index < -0.39 is 0 Å². The van der Waals surface area contributed by atoms with Crippen molar-refractivity contribution in [1.82, 2.24) is 14.7 Å². The minimum atomic E-state index is -0.0500. The number of rotatable bonds is 21. The topological polar surface area (TPSA) is 72.9 Å². The highest BCUT2D eigenvalue weighted by Crippen LogP contribution is 2.25. The molecule has 1 atom stereocenters. The Hall–Kier alpha value is -1.79. The molecule has 1 unspecified atom stereocenters. The zero-order chi connectivity index (χ0) is 30.7. The molecule has 0 bridgehead atoms. The monoisotopic (exact) mass is 639 g/mol. The largest absolute Gasteiger partial charge is 0.382 e. The molecule has 1 fully saturated rings. The van der Waals surface area contributed by atoms with Crippen LogP contribution in [0.25, 0.3) is 0 Å². The minimum absolute atomic E-state index is 0.0443. The quantitative estimate of drug-likeness (QED) is 0.189. The average molecular weight is 641 g/mol. The van der Waals surface area contributed by atoms with Crippen molar-refractivity contribution in [2.75, 3.05) is 113 Å². The lowest BCUT2D eigenvalue weighted by Crippen LogP contribution is -2.50. The summed E-state index contributed by atoms with van der Waals surface area (Å²) in [6.07, 6.45) is 0.272. The van der Waals surface area contributed by atoms with Gasteiger partial charge in [0.2, 0.25) is 5.91 Å². The normalized spacial score (nSPS) is 15.1. The molecule has 0 saturated carbocycles. The van der Waals surface area contributed by atoms with Gasteiger partial charge in [0.25, 0.3) is 0 Å². The molecule has 0 spiro atoms. The van der Waals surface area contributed by atoms with Crippen molar-refractivity contribution in [2.45, 2.75) is 12.5 Å². The molecule has 0 aromatic heterocycles. The summed E-state index contributed by atoms with van der Waals surface area (Å²) >= 11 is 12.2. The van der Waals surface area contributed by atoms with E-state index in [0.29, 0.717) is 69.5 Å². The number of nitrogens with zero attached hydrogens (tertiary/aromatic N) is 3. The molecule has 9 nitrogen and oxygen atoms in total. The molecule has 1 saturated heterocycles. The Bertz CT molecular complexity index is 1040. The van der Waals surface area contributed by atoms with Crippen LogP contribution in [0.1, 0.15) is 17.2 Å². The highest BCUT2D eigenvalue weighted by atomic mass is 35.5. The fraction of sp³-hybridized carbons (Fsp3) is 0.594. The van der Waals surface area contributed by atoms with Crippen LogP contribution in [-0.4, -0.2) is 133 Å². The summed E-state index contributed by atoms with van der Waals surface area (Å²) in [6, 6.07) is 15.6. The van der Waals surface area contributed by atoms with Crippen molar-refractivity contribution < 1.29 is 28.5 Å². The standard InChI is InChI=1S/C32H47Cl2N3O6/c1-35(32(38)25-27-8-9-29(33)30(34)24-27)31(28-6-4-3-5-7-28)26-37-12-10-36(11-13-37)14-15-40-18-19-42-22-23-43-21-20-41-17-16-39-2/h3-9,24,31H,10-23,25-26H2,1-2H3. The first-order valence-corrected chi connectivity index (χ1v) is 15.7. The lowest BCUT2D eigenvalue weighted by Gasteiger charge is -2.38. The predicted molar refractivity (Wildman–Crippen MR) is 170 cm³/mol. The van der Waals surface area contributed by atoms with Crippen LogP contribution >= 0.6 is 23.2 Å². The van der Waals surface area contributed by atoms with E-state index >= 15 is 0 Å². The van der Waals surface area contributed by atoms with E-state index in [0.717, 1.165) is 50.4 Å². The number of halogens is 2. The SMILES string of the molecule is COCCOCCOCCOCCOCCN1CCN(CC(c2ccccc2)N(C)C(=O)Cc2ccc(Cl)c(Cl)c2)CC1. The third kappa shape index (κ3) is 13.8. The van der Waals surface area contributed by atoms with Crippen LogP contribution in [0, 0.1) is 0 Å². The van der Waals surface area contributed by atoms with Gasteiger partial charge in [-0.05, 0) is 23.3 Å². The average Bonchev–Trinajstić information content (AvgIpc) is 3.02. The number of benzene rings is 2. The maximum atomic E-state index is 13.3. The Labute approximate surface area is 266 Å². The van der Waals surface area contributed by atoms with Crippen molar-refractivity contribution >= 4 is 29.1 Å². The highest BCUT2D eigenvalue weighted by molar-refractivity contribution is 6.42.